The molecular weight excluding hydrogens is 418 g/mol. The zero-order valence-corrected chi connectivity index (χ0v) is 18.8. The molecule has 172 valence electrons. The van der Waals surface area contributed by atoms with E-state index in [9.17, 15) is 9.59 Å². The number of hydrogen-bond acceptors (Lipinski definition) is 5. The van der Waals surface area contributed by atoms with E-state index in [0.717, 1.165) is 30.9 Å². The maximum absolute atomic E-state index is 12.8. The molecule has 0 bridgehead atoms. The van der Waals surface area contributed by atoms with Crippen LogP contribution in [0.5, 0.6) is 5.75 Å². The molecule has 0 atom stereocenters. The number of para-hydroxylation sites is 1. The van der Waals surface area contributed by atoms with Crippen LogP contribution in [0.4, 0.5) is 11.5 Å². The van der Waals surface area contributed by atoms with Gasteiger partial charge in [-0.2, -0.15) is 5.10 Å². The molecule has 0 spiro atoms. The molecule has 3 N–H and O–H groups in total. The van der Waals surface area contributed by atoms with Gasteiger partial charge in [0.2, 0.25) is 5.91 Å². The highest BCUT2D eigenvalue weighted by Gasteiger charge is 2.13. The second-order valence-corrected chi connectivity index (χ2v) is 8.12. The molecular formula is C25H29N5O3. The minimum atomic E-state index is -0.219. The van der Waals surface area contributed by atoms with Crippen LogP contribution in [-0.4, -0.2) is 53.2 Å². The van der Waals surface area contributed by atoms with Gasteiger partial charge in [-0.15, -0.1) is 0 Å². The number of amides is 2. The Morgan fingerprint density at radius 3 is 2.55 bits per heavy atom. The standard InChI is InChI=1S/C25H29N5O3/c1-18(31)26-24-17-23(28-29-24)21-7-3-4-8-22(21)27-25(32)19-9-11-20(12-10-19)33-16-15-30-13-5-2-6-14-30/h3-4,7-12,17H,2,5-6,13-16H2,1H3,(H,27,32)(H2,26,28,29,31). The normalized spacial score (nSPS) is 14.0. The van der Waals surface area contributed by atoms with E-state index in [4.69, 9.17) is 4.74 Å². The summed E-state index contributed by atoms with van der Waals surface area (Å²) in [5.41, 5.74) is 2.64. The van der Waals surface area contributed by atoms with Gasteiger partial charge < -0.3 is 15.4 Å². The number of nitrogens with one attached hydrogen (secondary N) is 3. The summed E-state index contributed by atoms with van der Waals surface area (Å²) in [5.74, 6) is 0.763. The van der Waals surface area contributed by atoms with Crippen molar-refractivity contribution in [2.24, 2.45) is 0 Å². The van der Waals surface area contributed by atoms with Gasteiger partial charge in [-0.1, -0.05) is 24.6 Å². The van der Waals surface area contributed by atoms with Gasteiger partial charge in [0.1, 0.15) is 12.4 Å². The number of aromatic amines is 1. The lowest BCUT2D eigenvalue weighted by molar-refractivity contribution is -0.114. The fraction of sp³-hybridized carbons (Fsp3) is 0.320. The lowest BCUT2D eigenvalue weighted by Gasteiger charge is -2.26. The van der Waals surface area contributed by atoms with Crippen molar-refractivity contribution in [1.29, 1.82) is 0 Å². The van der Waals surface area contributed by atoms with Crippen LogP contribution in [-0.2, 0) is 4.79 Å². The Hall–Kier alpha value is -3.65. The van der Waals surface area contributed by atoms with Gasteiger partial charge in [0.05, 0.1) is 11.4 Å². The van der Waals surface area contributed by atoms with Crippen molar-refractivity contribution in [3.05, 3.63) is 60.2 Å². The first-order valence-corrected chi connectivity index (χ1v) is 11.3. The molecule has 1 aliphatic heterocycles. The molecule has 0 radical (unpaired) electrons. The predicted octanol–water partition coefficient (Wildman–Crippen LogP) is 4.15. The molecule has 2 aromatic carbocycles. The Balaban J connectivity index is 1.36. The highest BCUT2D eigenvalue weighted by molar-refractivity contribution is 6.06. The molecule has 1 saturated heterocycles. The number of carbonyl (C=O) groups excluding carboxylic acids is 2. The van der Waals surface area contributed by atoms with Gasteiger partial charge in [0, 0.05) is 30.7 Å². The minimum absolute atomic E-state index is 0.200. The topological polar surface area (TPSA) is 99.4 Å². The van der Waals surface area contributed by atoms with E-state index in [1.807, 2.05) is 36.4 Å². The maximum Gasteiger partial charge on any atom is 0.255 e. The highest BCUT2D eigenvalue weighted by Crippen LogP contribution is 2.28. The average molecular weight is 448 g/mol. The molecule has 3 aromatic rings. The first kappa shape index (κ1) is 22.5. The van der Waals surface area contributed by atoms with E-state index in [2.05, 4.69) is 25.7 Å². The van der Waals surface area contributed by atoms with Crippen LogP contribution in [0.2, 0.25) is 0 Å². The Bertz CT molecular complexity index is 1090. The summed E-state index contributed by atoms with van der Waals surface area (Å²) in [6, 6.07) is 16.3. The maximum atomic E-state index is 12.8. The van der Waals surface area contributed by atoms with Crippen molar-refractivity contribution < 1.29 is 14.3 Å². The largest absolute Gasteiger partial charge is 0.492 e. The molecule has 0 unspecified atom stereocenters. The lowest BCUT2D eigenvalue weighted by Crippen LogP contribution is -2.33. The van der Waals surface area contributed by atoms with E-state index in [-0.39, 0.29) is 11.8 Å². The third-order valence-corrected chi connectivity index (χ3v) is 5.59. The van der Waals surface area contributed by atoms with Crippen molar-refractivity contribution in [1.82, 2.24) is 15.1 Å². The second kappa shape index (κ2) is 10.8. The minimum Gasteiger partial charge on any atom is -0.492 e. The number of carbonyl (C=O) groups is 2. The lowest BCUT2D eigenvalue weighted by atomic mass is 10.1. The van der Waals surface area contributed by atoms with Gasteiger partial charge in [0.15, 0.2) is 5.82 Å². The number of likely N-dealkylation sites (tertiary alicyclic amines) is 1. The summed E-state index contributed by atoms with van der Waals surface area (Å²) in [7, 11) is 0. The number of aromatic nitrogens is 2. The van der Waals surface area contributed by atoms with Crippen LogP contribution in [0.25, 0.3) is 11.3 Å². The third kappa shape index (κ3) is 6.20. The first-order valence-electron chi connectivity index (χ1n) is 11.3. The average Bonchev–Trinajstić information content (AvgIpc) is 3.28. The van der Waals surface area contributed by atoms with Gasteiger partial charge in [-0.05, 0) is 56.3 Å². The summed E-state index contributed by atoms with van der Waals surface area (Å²) in [6.45, 7) is 5.29. The van der Waals surface area contributed by atoms with Crippen LogP contribution in [0.3, 0.4) is 0 Å². The van der Waals surface area contributed by atoms with Crippen molar-refractivity contribution in [3.63, 3.8) is 0 Å². The molecule has 8 heteroatoms. The van der Waals surface area contributed by atoms with Crippen LogP contribution < -0.4 is 15.4 Å². The fourth-order valence-corrected chi connectivity index (χ4v) is 3.90. The zero-order chi connectivity index (χ0) is 23.0. The Kier molecular flexibility index (Phi) is 7.36. The van der Waals surface area contributed by atoms with Crippen molar-refractivity contribution in [2.75, 3.05) is 36.9 Å². The van der Waals surface area contributed by atoms with E-state index in [1.165, 1.54) is 26.2 Å². The molecule has 8 nitrogen and oxygen atoms in total. The number of hydrogen-bond donors (Lipinski definition) is 3. The monoisotopic (exact) mass is 447 g/mol. The summed E-state index contributed by atoms with van der Waals surface area (Å²) < 4.78 is 5.85. The van der Waals surface area contributed by atoms with Crippen molar-refractivity contribution in [3.8, 4) is 17.0 Å². The molecule has 0 saturated carbocycles. The summed E-state index contributed by atoms with van der Waals surface area (Å²) in [6.07, 6.45) is 3.86. The number of anilines is 2. The van der Waals surface area contributed by atoms with Gasteiger partial charge in [0.25, 0.3) is 5.91 Å². The summed E-state index contributed by atoms with van der Waals surface area (Å²) in [4.78, 5) is 26.5. The first-order chi connectivity index (χ1) is 16.1. The van der Waals surface area contributed by atoms with E-state index >= 15 is 0 Å². The number of rotatable bonds is 8. The Morgan fingerprint density at radius 1 is 1.03 bits per heavy atom. The molecule has 4 rings (SSSR count). The smallest absolute Gasteiger partial charge is 0.255 e. The van der Waals surface area contributed by atoms with E-state index in [0.29, 0.717) is 29.4 Å². The SMILES string of the molecule is CC(=O)Nc1cc(-c2ccccc2NC(=O)c2ccc(OCCN3CCCCC3)cc2)[nH]n1. The molecule has 1 aromatic heterocycles. The van der Waals surface area contributed by atoms with Gasteiger partial charge >= 0.3 is 0 Å². The molecule has 1 fully saturated rings. The highest BCUT2D eigenvalue weighted by atomic mass is 16.5. The molecule has 33 heavy (non-hydrogen) atoms. The fourth-order valence-electron chi connectivity index (χ4n) is 3.90. The number of H-pyrrole nitrogens is 1. The molecule has 1 aliphatic rings. The predicted molar refractivity (Wildman–Crippen MR) is 129 cm³/mol. The van der Waals surface area contributed by atoms with Crippen LogP contribution in [0.1, 0.15) is 36.5 Å². The van der Waals surface area contributed by atoms with E-state index in [1.54, 1.807) is 18.2 Å². The van der Waals surface area contributed by atoms with Gasteiger partial charge in [-0.3, -0.25) is 19.6 Å². The number of nitrogens with zero attached hydrogens (tertiary/aromatic N) is 2. The van der Waals surface area contributed by atoms with Crippen LogP contribution >= 0.6 is 0 Å². The van der Waals surface area contributed by atoms with Crippen LogP contribution in [0, 0.1) is 0 Å². The number of piperidine rings is 1. The van der Waals surface area contributed by atoms with Crippen molar-refractivity contribution >= 4 is 23.3 Å². The molecule has 2 heterocycles. The van der Waals surface area contributed by atoms with E-state index < -0.39 is 0 Å². The zero-order valence-electron chi connectivity index (χ0n) is 18.8. The van der Waals surface area contributed by atoms with Crippen LogP contribution in [0.15, 0.2) is 54.6 Å². The summed E-state index contributed by atoms with van der Waals surface area (Å²) in [5, 5.41) is 12.6. The number of benzene rings is 2. The second-order valence-electron chi connectivity index (χ2n) is 8.12. The molecule has 2 amide bonds. The quantitative estimate of drug-likeness (QED) is 0.482. The third-order valence-electron chi connectivity index (χ3n) is 5.59. The Labute approximate surface area is 193 Å². The van der Waals surface area contributed by atoms with Gasteiger partial charge in [-0.25, -0.2) is 0 Å². The van der Waals surface area contributed by atoms with Crippen molar-refractivity contribution in [2.45, 2.75) is 26.2 Å². The molecule has 0 aliphatic carbocycles. The summed E-state index contributed by atoms with van der Waals surface area (Å²) >= 11 is 0. The number of ether oxygens (including phenoxy) is 1. The Morgan fingerprint density at radius 2 is 1.79 bits per heavy atom.